The summed E-state index contributed by atoms with van der Waals surface area (Å²) < 4.78 is 10.9. The van der Waals surface area contributed by atoms with Crippen molar-refractivity contribution < 1.29 is 14.1 Å². The SMILES string of the molecule is Cc1noc(C)c1CCC(=O)N1CCC(Oc2ncccn2)CC1. The summed E-state index contributed by atoms with van der Waals surface area (Å²) in [5.41, 5.74) is 1.91. The smallest absolute Gasteiger partial charge is 0.316 e. The largest absolute Gasteiger partial charge is 0.460 e. The Kier molecular flexibility index (Phi) is 5.08. The van der Waals surface area contributed by atoms with Crippen LogP contribution in [0.15, 0.2) is 23.0 Å². The third kappa shape index (κ3) is 3.90. The van der Waals surface area contributed by atoms with Crippen LogP contribution in [0.5, 0.6) is 6.01 Å². The first-order valence-corrected chi connectivity index (χ1v) is 8.26. The van der Waals surface area contributed by atoms with E-state index in [1.165, 1.54) is 0 Å². The average Bonchev–Trinajstić information content (AvgIpc) is 2.92. The molecule has 2 aromatic heterocycles. The predicted octanol–water partition coefficient (Wildman–Crippen LogP) is 2.08. The number of aromatic nitrogens is 3. The minimum Gasteiger partial charge on any atom is -0.460 e. The molecule has 24 heavy (non-hydrogen) atoms. The monoisotopic (exact) mass is 330 g/mol. The summed E-state index contributed by atoms with van der Waals surface area (Å²) in [4.78, 5) is 22.4. The first-order valence-electron chi connectivity index (χ1n) is 8.26. The van der Waals surface area contributed by atoms with Gasteiger partial charge in [-0.1, -0.05) is 5.16 Å². The van der Waals surface area contributed by atoms with E-state index in [9.17, 15) is 4.79 Å². The second kappa shape index (κ2) is 7.42. The highest BCUT2D eigenvalue weighted by Gasteiger charge is 2.24. The summed E-state index contributed by atoms with van der Waals surface area (Å²) in [6.45, 7) is 5.20. The van der Waals surface area contributed by atoms with Gasteiger partial charge in [0.15, 0.2) is 0 Å². The lowest BCUT2D eigenvalue weighted by Gasteiger charge is -2.31. The summed E-state index contributed by atoms with van der Waals surface area (Å²) in [5, 5.41) is 3.93. The number of amides is 1. The summed E-state index contributed by atoms with van der Waals surface area (Å²) in [6, 6.07) is 2.16. The lowest BCUT2D eigenvalue weighted by Crippen LogP contribution is -2.42. The zero-order chi connectivity index (χ0) is 16.9. The van der Waals surface area contributed by atoms with Crippen LogP contribution in [0.1, 0.15) is 36.3 Å². The number of hydrogen-bond donors (Lipinski definition) is 0. The van der Waals surface area contributed by atoms with E-state index < -0.39 is 0 Å². The van der Waals surface area contributed by atoms with E-state index in [1.54, 1.807) is 18.5 Å². The number of carbonyl (C=O) groups is 1. The Balaban J connectivity index is 1.45. The van der Waals surface area contributed by atoms with Crippen LogP contribution in [0.3, 0.4) is 0 Å². The van der Waals surface area contributed by atoms with Gasteiger partial charge >= 0.3 is 6.01 Å². The van der Waals surface area contributed by atoms with Crippen LogP contribution in [0.2, 0.25) is 0 Å². The van der Waals surface area contributed by atoms with Gasteiger partial charge in [0, 0.05) is 50.3 Å². The third-order valence-electron chi connectivity index (χ3n) is 4.38. The van der Waals surface area contributed by atoms with E-state index in [4.69, 9.17) is 9.26 Å². The Morgan fingerprint density at radius 1 is 1.29 bits per heavy atom. The molecule has 0 radical (unpaired) electrons. The van der Waals surface area contributed by atoms with E-state index in [2.05, 4.69) is 15.1 Å². The highest BCUT2D eigenvalue weighted by atomic mass is 16.5. The van der Waals surface area contributed by atoms with Crippen molar-refractivity contribution in [1.29, 1.82) is 0 Å². The number of ether oxygens (including phenoxy) is 1. The van der Waals surface area contributed by atoms with Crippen molar-refractivity contribution in [3.8, 4) is 6.01 Å². The maximum atomic E-state index is 12.4. The van der Waals surface area contributed by atoms with Gasteiger partial charge in [0.05, 0.1) is 5.69 Å². The van der Waals surface area contributed by atoms with Crippen LogP contribution in [-0.4, -0.2) is 45.1 Å². The van der Waals surface area contributed by atoms with Gasteiger partial charge in [0.25, 0.3) is 0 Å². The van der Waals surface area contributed by atoms with Crippen molar-refractivity contribution in [2.24, 2.45) is 0 Å². The summed E-state index contributed by atoms with van der Waals surface area (Å²) in [7, 11) is 0. The normalized spacial score (nSPS) is 15.5. The van der Waals surface area contributed by atoms with Gasteiger partial charge in [-0.15, -0.1) is 0 Å². The maximum Gasteiger partial charge on any atom is 0.316 e. The molecule has 1 aliphatic rings. The van der Waals surface area contributed by atoms with Gasteiger partial charge in [-0.05, 0) is 26.3 Å². The molecule has 3 rings (SSSR count). The Morgan fingerprint density at radius 2 is 2.00 bits per heavy atom. The molecule has 0 spiro atoms. The highest BCUT2D eigenvalue weighted by molar-refractivity contribution is 5.76. The van der Waals surface area contributed by atoms with Crippen LogP contribution in [0.4, 0.5) is 0 Å². The number of carbonyl (C=O) groups excluding carboxylic acids is 1. The van der Waals surface area contributed by atoms with Crippen molar-refractivity contribution in [1.82, 2.24) is 20.0 Å². The molecule has 1 fully saturated rings. The van der Waals surface area contributed by atoms with Crippen LogP contribution in [-0.2, 0) is 11.2 Å². The molecule has 0 saturated carbocycles. The average molecular weight is 330 g/mol. The first-order chi connectivity index (χ1) is 11.6. The Hall–Kier alpha value is -2.44. The molecular weight excluding hydrogens is 308 g/mol. The topological polar surface area (TPSA) is 81.4 Å². The van der Waals surface area contributed by atoms with Crippen LogP contribution in [0, 0.1) is 13.8 Å². The maximum absolute atomic E-state index is 12.4. The van der Waals surface area contributed by atoms with Crippen LogP contribution < -0.4 is 4.74 Å². The standard InChI is InChI=1S/C17H22N4O3/c1-12-15(13(2)24-20-12)4-5-16(22)21-10-6-14(7-11-21)23-17-18-8-3-9-19-17/h3,8-9,14H,4-7,10-11H2,1-2H3. The molecule has 0 bridgehead atoms. The molecule has 0 aromatic carbocycles. The summed E-state index contributed by atoms with van der Waals surface area (Å²) >= 11 is 0. The minimum absolute atomic E-state index is 0.0685. The zero-order valence-corrected chi connectivity index (χ0v) is 14.1. The summed E-state index contributed by atoms with van der Waals surface area (Å²) in [5.74, 6) is 0.972. The van der Waals surface area contributed by atoms with Crippen molar-refractivity contribution in [3.05, 3.63) is 35.5 Å². The van der Waals surface area contributed by atoms with Crippen molar-refractivity contribution in [3.63, 3.8) is 0 Å². The van der Waals surface area contributed by atoms with Gasteiger partial charge in [-0.25, -0.2) is 9.97 Å². The number of hydrogen-bond acceptors (Lipinski definition) is 6. The Bertz CT molecular complexity index is 659. The molecule has 0 aliphatic carbocycles. The number of likely N-dealkylation sites (tertiary alicyclic amines) is 1. The fourth-order valence-corrected chi connectivity index (χ4v) is 2.97. The molecule has 7 nitrogen and oxygen atoms in total. The van der Waals surface area contributed by atoms with Crippen molar-refractivity contribution in [2.45, 2.75) is 45.6 Å². The van der Waals surface area contributed by atoms with Crippen molar-refractivity contribution >= 4 is 5.91 Å². The van der Waals surface area contributed by atoms with Gasteiger partial charge < -0.3 is 14.2 Å². The molecule has 0 atom stereocenters. The van der Waals surface area contributed by atoms with Crippen molar-refractivity contribution in [2.75, 3.05) is 13.1 Å². The number of piperidine rings is 1. The molecule has 0 N–H and O–H groups in total. The van der Waals surface area contributed by atoms with E-state index in [-0.39, 0.29) is 12.0 Å². The predicted molar refractivity (Wildman–Crippen MR) is 86.6 cm³/mol. The third-order valence-corrected chi connectivity index (χ3v) is 4.38. The van der Waals surface area contributed by atoms with E-state index in [0.717, 1.165) is 29.9 Å². The van der Waals surface area contributed by atoms with Gasteiger partial charge in [-0.3, -0.25) is 4.79 Å². The molecule has 7 heteroatoms. The fourth-order valence-electron chi connectivity index (χ4n) is 2.97. The van der Waals surface area contributed by atoms with Gasteiger partial charge in [-0.2, -0.15) is 0 Å². The highest BCUT2D eigenvalue weighted by Crippen LogP contribution is 2.18. The number of aryl methyl sites for hydroxylation is 2. The second-order valence-corrected chi connectivity index (χ2v) is 6.03. The minimum atomic E-state index is 0.0685. The number of nitrogens with zero attached hydrogens (tertiary/aromatic N) is 4. The Morgan fingerprint density at radius 3 is 2.62 bits per heavy atom. The molecule has 0 unspecified atom stereocenters. The molecule has 2 aromatic rings. The molecule has 1 aliphatic heterocycles. The quantitative estimate of drug-likeness (QED) is 0.835. The Labute approximate surface area is 141 Å². The first kappa shape index (κ1) is 16.4. The van der Waals surface area contributed by atoms with E-state index in [1.807, 2.05) is 18.7 Å². The second-order valence-electron chi connectivity index (χ2n) is 6.03. The molecule has 128 valence electrons. The van der Waals surface area contributed by atoms with Crippen LogP contribution in [0.25, 0.3) is 0 Å². The van der Waals surface area contributed by atoms with Gasteiger partial charge in [0.2, 0.25) is 5.91 Å². The molecular formula is C17H22N4O3. The van der Waals surface area contributed by atoms with Crippen LogP contribution >= 0.6 is 0 Å². The zero-order valence-electron chi connectivity index (χ0n) is 14.1. The fraction of sp³-hybridized carbons (Fsp3) is 0.529. The molecule has 1 amide bonds. The van der Waals surface area contributed by atoms with E-state index in [0.29, 0.717) is 31.9 Å². The lowest BCUT2D eigenvalue weighted by atomic mass is 10.0. The molecule has 3 heterocycles. The summed E-state index contributed by atoms with van der Waals surface area (Å²) in [6.07, 6.45) is 6.15. The number of rotatable bonds is 5. The van der Waals surface area contributed by atoms with E-state index >= 15 is 0 Å². The lowest BCUT2D eigenvalue weighted by molar-refractivity contribution is -0.133. The molecule has 1 saturated heterocycles. The van der Waals surface area contributed by atoms with Gasteiger partial charge in [0.1, 0.15) is 11.9 Å².